The smallest absolute Gasteiger partial charge is 0.322 e. The number of hydrogen-bond acceptors (Lipinski definition) is 3. The Kier molecular flexibility index (Phi) is 6.36. The number of benzene rings is 2. The van der Waals surface area contributed by atoms with Gasteiger partial charge in [0.15, 0.2) is 0 Å². The summed E-state index contributed by atoms with van der Waals surface area (Å²) in [6, 6.07) is 14.6. The van der Waals surface area contributed by atoms with Crippen LogP contribution in [0.25, 0.3) is 0 Å². The molecule has 0 spiro atoms. The first-order valence-corrected chi connectivity index (χ1v) is 9.08. The number of para-hydroxylation sites is 1. The van der Waals surface area contributed by atoms with Gasteiger partial charge >= 0.3 is 6.03 Å². The van der Waals surface area contributed by atoms with Crippen molar-refractivity contribution < 1.29 is 14.3 Å². The average molecular weight is 375 g/mol. The minimum Gasteiger partial charge on any atom is -0.496 e. The van der Waals surface area contributed by atoms with Crippen LogP contribution in [-0.4, -0.2) is 37.3 Å². The number of amides is 2. The number of anilines is 1. The molecule has 1 atom stereocenters. The van der Waals surface area contributed by atoms with E-state index in [0.717, 1.165) is 30.8 Å². The Balaban J connectivity index is 1.75. The number of methoxy groups -OCH3 is 1. The van der Waals surface area contributed by atoms with E-state index in [4.69, 9.17) is 21.1 Å². The highest BCUT2D eigenvalue weighted by atomic mass is 35.5. The minimum atomic E-state index is -0.172. The Morgan fingerprint density at radius 3 is 2.73 bits per heavy atom. The maximum absolute atomic E-state index is 12.9. The van der Waals surface area contributed by atoms with Gasteiger partial charge in [-0.05, 0) is 43.2 Å². The summed E-state index contributed by atoms with van der Waals surface area (Å²) < 4.78 is 11.1. The normalized spacial score (nSPS) is 16.3. The van der Waals surface area contributed by atoms with Gasteiger partial charge < -0.3 is 19.7 Å². The van der Waals surface area contributed by atoms with E-state index in [2.05, 4.69) is 5.32 Å². The van der Waals surface area contributed by atoms with Crippen LogP contribution in [0.4, 0.5) is 10.5 Å². The summed E-state index contributed by atoms with van der Waals surface area (Å²) in [5.41, 5.74) is 1.66. The summed E-state index contributed by atoms with van der Waals surface area (Å²) in [6.07, 6.45) is 2.07. The van der Waals surface area contributed by atoms with Gasteiger partial charge in [-0.15, -0.1) is 0 Å². The zero-order chi connectivity index (χ0) is 18.4. The van der Waals surface area contributed by atoms with Gasteiger partial charge in [-0.2, -0.15) is 0 Å². The van der Waals surface area contributed by atoms with Crippen LogP contribution in [0.5, 0.6) is 5.75 Å². The van der Waals surface area contributed by atoms with Crippen molar-refractivity contribution in [1.82, 2.24) is 4.90 Å². The van der Waals surface area contributed by atoms with Gasteiger partial charge in [0, 0.05) is 29.4 Å². The van der Waals surface area contributed by atoms with E-state index in [0.29, 0.717) is 23.8 Å². The van der Waals surface area contributed by atoms with Crippen LogP contribution in [0.15, 0.2) is 48.5 Å². The highest BCUT2D eigenvalue weighted by Crippen LogP contribution is 2.22. The number of halogens is 1. The average Bonchev–Trinajstić information content (AvgIpc) is 3.16. The first-order valence-electron chi connectivity index (χ1n) is 8.70. The molecule has 5 nitrogen and oxygen atoms in total. The molecule has 1 unspecified atom stereocenters. The molecule has 1 heterocycles. The number of ether oxygens (including phenoxy) is 2. The molecular weight excluding hydrogens is 352 g/mol. The van der Waals surface area contributed by atoms with E-state index >= 15 is 0 Å². The molecule has 26 heavy (non-hydrogen) atoms. The fraction of sp³-hybridized carbons (Fsp3) is 0.350. The first-order chi connectivity index (χ1) is 12.7. The molecule has 1 aliphatic rings. The number of carbonyl (C=O) groups is 1. The highest BCUT2D eigenvalue weighted by molar-refractivity contribution is 6.30. The summed E-state index contributed by atoms with van der Waals surface area (Å²) in [7, 11) is 1.64. The number of nitrogens with zero attached hydrogens (tertiary/aromatic N) is 1. The molecule has 0 aromatic heterocycles. The molecule has 0 saturated carbocycles. The van der Waals surface area contributed by atoms with Crippen LogP contribution in [0, 0.1) is 0 Å². The lowest BCUT2D eigenvalue weighted by Crippen LogP contribution is -2.39. The first kappa shape index (κ1) is 18.5. The van der Waals surface area contributed by atoms with Crippen molar-refractivity contribution in [2.45, 2.75) is 25.5 Å². The fourth-order valence-electron chi connectivity index (χ4n) is 3.03. The van der Waals surface area contributed by atoms with Gasteiger partial charge in [-0.3, -0.25) is 0 Å². The standard InChI is InChI=1S/C20H23ClN2O3/c1-25-19-7-3-2-5-15(19)13-23(14-18-6-4-12-26-18)20(24)22-17-10-8-16(21)9-11-17/h2-3,5,7-11,18H,4,6,12-14H2,1H3,(H,22,24). The molecule has 1 aliphatic heterocycles. The molecule has 1 N–H and O–H groups in total. The van der Waals surface area contributed by atoms with Crippen LogP contribution in [0.2, 0.25) is 5.02 Å². The number of carbonyl (C=O) groups excluding carboxylic acids is 1. The van der Waals surface area contributed by atoms with E-state index in [1.807, 2.05) is 24.3 Å². The van der Waals surface area contributed by atoms with Gasteiger partial charge in [-0.1, -0.05) is 29.8 Å². The molecule has 0 radical (unpaired) electrons. The van der Waals surface area contributed by atoms with Gasteiger partial charge in [0.25, 0.3) is 0 Å². The molecule has 1 fully saturated rings. The Hall–Kier alpha value is -2.24. The Labute approximate surface area is 158 Å². The summed E-state index contributed by atoms with van der Waals surface area (Å²) >= 11 is 5.91. The second-order valence-electron chi connectivity index (χ2n) is 6.26. The summed E-state index contributed by atoms with van der Waals surface area (Å²) in [6.45, 7) is 1.74. The quantitative estimate of drug-likeness (QED) is 0.806. The third kappa shape index (κ3) is 4.90. The van der Waals surface area contributed by atoms with Crippen LogP contribution in [0.1, 0.15) is 18.4 Å². The van der Waals surface area contributed by atoms with Crippen molar-refractivity contribution in [1.29, 1.82) is 0 Å². The van der Waals surface area contributed by atoms with E-state index in [9.17, 15) is 4.79 Å². The lowest BCUT2D eigenvalue weighted by Gasteiger charge is -2.26. The molecule has 2 aromatic rings. The van der Waals surface area contributed by atoms with Crippen LogP contribution >= 0.6 is 11.6 Å². The SMILES string of the molecule is COc1ccccc1CN(CC1CCCO1)C(=O)Nc1ccc(Cl)cc1. The highest BCUT2D eigenvalue weighted by Gasteiger charge is 2.23. The van der Waals surface area contributed by atoms with Gasteiger partial charge in [0.2, 0.25) is 0 Å². The Bertz CT molecular complexity index is 730. The van der Waals surface area contributed by atoms with Crippen LogP contribution < -0.4 is 10.1 Å². The minimum absolute atomic E-state index is 0.0701. The van der Waals surface area contributed by atoms with E-state index in [1.54, 1.807) is 36.3 Å². The molecule has 0 bridgehead atoms. The third-order valence-electron chi connectivity index (χ3n) is 4.38. The van der Waals surface area contributed by atoms with Crippen LogP contribution in [0.3, 0.4) is 0 Å². The lowest BCUT2D eigenvalue weighted by molar-refractivity contribution is 0.0817. The van der Waals surface area contributed by atoms with Crippen molar-refractivity contribution in [3.63, 3.8) is 0 Å². The molecule has 2 amide bonds. The van der Waals surface area contributed by atoms with E-state index < -0.39 is 0 Å². The summed E-state index contributed by atoms with van der Waals surface area (Å²) in [5, 5.41) is 3.57. The monoisotopic (exact) mass is 374 g/mol. The zero-order valence-corrected chi connectivity index (χ0v) is 15.5. The van der Waals surface area contributed by atoms with E-state index in [-0.39, 0.29) is 12.1 Å². The maximum atomic E-state index is 12.9. The molecule has 3 rings (SSSR count). The molecule has 1 saturated heterocycles. The van der Waals surface area contributed by atoms with Gasteiger partial charge in [0.1, 0.15) is 5.75 Å². The molecule has 2 aromatic carbocycles. The number of hydrogen-bond donors (Lipinski definition) is 1. The molecule has 6 heteroatoms. The molecular formula is C20H23ClN2O3. The van der Waals surface area contributed by atoms with Gasteiger partial charge in [0.05, 0.1) is 19.8 Å². The number of nitrogens with one attached hydrogen (secondary N) is 1. The Morgan fingerprint density at radius 1 is 1.27 bits per heavy atom. The third-order valence-corrected chi connectivity index (χ3v) is 4.64. The Morgan fingerprint density at radius 2 is 2.04 bits per heavy atom. The van der Waals surface area contributed by atoms with Crippen molar-refractivity contribution in [2.75, 3.05) is 25.6 Å². The maximum Gasteiger partial charge on any atom is 0.322 e. The topological polar surface area (TPSA) is 50.8 Å². The van der Waals surface area contributed by atoms with Crippen molar-refractivity contribution in [3.8, 4) is 5.75 Å². The summed E-state index contributed by atoms with van der Waals surface area (Å²) in [5.74, 6) is 0.768. The zero-order valence-electron chi connectivity index (χ0n) is 14.8. The predicted molar refractivity (Wildman–Crippen MR) is 103 cm³/mol. The predicted octanol–water partition coefficient (Wildman–Crippen LogP) is 4.56. The molecule has 138 valence electrons. The van der Waals surface area contributed by atoms with Crippen molar-refractivity contribution in [2.24, 2.45) is 0 Å². The van der Waals surface area contributed by atoms with Crippen molar-refractivity contribution >= 4 is 23.3 Å². The molecule has 0 aliphatic carbocycles. The summed E-state index contributed by atoms with van der Waals surface area (Å²) in [4.78, 5) is 14.6. The lowest BCUT2D eigenvalue weighted by atomic mass is 10.1. The largest absolute Gasteiger partial charge is 0.496 e. The van der Waals surface area contributed by atoms with Crippen LogP contribution in [-0.2, 0) is 11.3 Å². The van der Waals surface area contributed by atoms with Gasteiger partial charge in [-0.25, -0.2) is 4.79 Å². The second kappa shape index (κ2) is 8.92. The fourth-order valence-corrected chi connectivity index (χ4v) is 3.15. The van der Waals surface area contributed by atoms with E-state index in [1.165, 1.54) is 0 Å². The number of urea groups is 1. The number of rotatable bonds is 6. The van der Waals surface area contributed by atoms with Crippen molar-refractivity contribution in [3.05, 3.63) is 59.1 Å². The second-order valence-corrected chi connectivity index (χ2v) is 6.70.